The van der Waals surface area contributed by atoms with Crippen LogP contribution < -0.4 is 16.4 Å². The Morgan fingerprint density at radius 3 is 2.62 bits per heavy atom. The van der Waals surface area contributed by atoms with E-state index in [0.717, 1.165) is 0 Å². The average Bonchev–Trinajstić information content (AvgIpc) is 2.65. The smallest absolute Gasteiger partial charge is 0.251 e. The highest BCUT2D eigenvalue weighted by Gasteiger charge is 2.23. The second-order valence-corrected chi connectivity index (χ2v) is 3.80. The van der Waals surface area contributed by atoms with Crippen molar-refractivity contribution in [2.45, 2.75) is 12.5 Å². The van der Waals surface area contributed by atoms with Crippen molar-refractivity contribution < 1.29 is 9.59 Å². The van der Waals surface area contributed by atoms with Gasteiger partial charge in [0.25, 0.3) is 5.91 Å². The maximum absolute atomic E-state index is 11.7. The van der Waals surface area contributed by atoms with Crippen LogP contribution in [0.1, 0.15) is 16.8 Å². The molecule has 1 aromatic rings. The van der Waals surface area contributed by atoms with E-state index in [1.54, 1.807) is 24.3 Å². The molecule has 0 radical (unpaired) electrons. The van der Waals surface area contributed by atoms with Gasteiger partial charge in [0.05, 0.1) is 6.04 Å². The molecule has 84 valence electrons. The number of nitrogens with two attached hydrogens (primary N) is 1. The van der Waals surface area contributed by atoms with E-state index in [4.69, 9.17) is 5.73 Å². The van der Waals surface area contributed by atoms with Crippen molar-refractivity contribution in [2.24, 2.45) is 0 Å². The molecule has 0 spiro atoms. The van der Waals surface area contributed by atoms with Crippen LogP contribution in [0.5, 0.6) is 0 Å². The molecule has 0 saturated carbocycles. The monoisotopic (exact) mass is 219 g/mol. The zero-order valence-corrected chi connectivity index (χ0v) is 8.69. The highest BCUT2D eigenvalue weighted by molar-refractivity contribution is 5.95. The first-order valence-electron chi connectivity index (χ1n) is 5.08. The molecule has 0 bridgehead atoms. The first-order valence-corrected chi connectivity index (χ1v) is 5.08. The van der Waals surface area contributed by atoms with Gasteiger partial charge >= 0.3 is 0 Å². The van der Waals surface area contributed by atoms with Gasteiger partial charge in [-0.2, -0.15) is 0 Å². The molecule has 5 nitrogen and oxygen atoms in total. The maximum atomic E-state index is 11.7. The van der Waals surface area contributed by atoms with Gasteiger partial charge in [-0.1, -0.05) is 0 Å². The van der Waals surface area contributed by atoms with E-state index in [0.29, 0.717) is 24.2 Å². The molecule has 2 amide bonds. The van der Waals surface area contributed by atoms with Crippen LogP contribution in [0.25, 0.3) is 0 Å². The van der Waals surface area contributed by atoms with Gasteiger partial charge in [0.1, 0.15) is 0 Å². The molecule has 0 aromatic heterocycles. The van der Waals surface area contributed by atoms with Crippen LogP contribution in [0.15, 0.2) is 24.3 Å². The Kier molecular flexibility index (Phi) is 2.76. The Labute approximate surface area is 93.0 Å². The van der Waals surface area contributed by atoms with E-state index < -0.39 is 0 Å². The number of hydrogen-bond donors (Lipinski definition) is 3. The molecule has 1 fully saturated rings. The van der Waals surface area contributed by atoms with Crippen LogP contribution in [0, 0.1) is 0 Å². The van der Waals surface area contributed by atoms with Crippen LogP contribution in [0.4, 0.5) is 5.69 Å². The molecule has 5 heteroatoms. The highest BCUT2D eigenvalue weighted by atomic mass is 16.2. The lowest BCUT2D eigenvalue weighted by molar-refractivity contribution is -0.119. The normalized spacial score (nSPS) is 19.2. The summed E-state index contributed by atoms with van der Waals surface area (Å²) in [6, 6.07) is 6.56. The third kappa shape index (κ3) is 2.31. The lowest BCUT2D eigenvalue weighted by Gasteiger charge is -2.10. The Morgan fingerprint density at radius 1 is 1.38 bits per heavy atom. The van der Waals surface area contributed by atoms with Crippen LogP contribution >= 0.6 is 0 Å². The van der Waals surface area contributed by atoms with E-state index in [1.165, 1.54) is 0 Å². The summed E-state index contributed by atoms with van der Waals surface area (Å²) in [5.74, 6) is -0.205. The molecule has 1 atom stereocenters. The summed E-state index contributed by atoms with van der Waals surface area (Å²) in [4.78, 5) is 22.7. The fourth-order valence-electron chi connectivity index (χ4n) is 1.61. The minimum Gasteiger partial charge on any atom is -0.399 e. The first kappa shape index (κ1) is 10.5. The third-order valence-corrected chi connectivity index (χ3v) is 2.49. The summed E-state index contributed by atoms with van der Waals surface area (Å²) < 4.78 is 0. The Balaban J connectivity index is 1.98. The van der Waals surface area contributed by atoms with Crippen LogP contribution in [0.2, 0.25) is 0 Å². The molecule has 1 heterocycles. The Bertz CT molecular complexity index is 414. The molecule has 1 aromatic carbocycles. The minimum atomic E-state index is -0.179. The van der Waals surface area contributed by atoms with E-state index >= 15 is 0 Å². The van der Waals surface area contributed by atoms with E-state index in [-0.39, 0.29) is 17.9 Å². The number of carbonyl (C=O) groups excluding carboxylic acids is 2. The SMILES string of the molecule is Nc1ccc(C(=O)NC2CNC(=O)C2)cc1. The van der Waals surface area contributed by atoms with Crippen molar-refractivity contribution in [1.29, 1.82) is 0 Å². The number of hydrogen-bond acceptors (Lipinski definition) is 3. The molecule has 1 saturated heterocycles. The lowest BCUT2D eigenvalue weighted by Crippen LogP contribution is -2.36. The summed E-state index contributed by atoms with van der Waals surface area (Å²) in [6.07, 6.45) is 0.348. The van der Waals surface area contributed by atoms with Crippen LogP contribution in [-0.2, 0) is 4.79 Å². The van der Waals surface area contributed by atoms with Gasteiger partial charge in [-0.25, -0.2) is 0 Å². The van der Waals surface area contributed by atoms with Gasteiger partial charge < -0.3 is 16.4 Å². The summed E-state index contributed by atoms with van der Waals surface area (Å²) in [5.41, 5.74) is 6.69. The van der Waals surface area contributed by atoms with E-state index in [9.17, 15) is 9.59 Å². The molecule has 16 heavy (non-hydrogen) atoms. The molecule has 1 aliphatic heterocycles. The molecule has 2 rings (SSSR count). The second kappa shape index (κ2) is 4.22. The molecule has 0 aliphatic carbocycles. The lowest BCUT2D eigenvalue weighted by atomic mass is 10.1. The van der Waals surface area contributed by atoms with Crippen LogP contribution in [0.3, 0.4) is 0 Å². The number of carbonyl (C=O) groups is 2. The zero-order valence-electron chi connectivity index (χ0n) is 8.69. The average molecular weight is 219 g/mol. The van der Waals surface area contributed by atoms with Crippen molar-refractivity contribution in [1.82, 2.24) is 10.6 Å². The third-order valence-electron chi connectivity index (χ3n) is 2.49. The van der Waals surface area contributed by atoms with Gasteiger partial charge in [0.2, 0.25) is 5.91 Å². The summed E-state index contributed by atoms with van der Waals surface area (Å²) >= 11 is 0. The molecule has 1 unspecified atom stereocenters. The number of anilines is 1. The maximum Gasteiger partial charge on any atom is 0.251 e. The topological polar surface area (TPSA) is 84.2 Å². The molecule has 1 aliphatic rings. The predicted octanol–water partition coefficient (Wildman–Crippen LogP) is -0.113. The predicted molar refractivity (Wildman–Crippen MR) is 59.7 cm³/mol. The van der Waals surface area contributed by atoms with E-state index in [1.807, 2.05) is 0 Å². The van der Waals surface area contributed by atoms with E-state index in [2.05, 4.69) is 10.6 Å². The fourth-order valence-corrected chi connectivity index (χ4v) is 1.61. The molecular weight excluding hydrogens is 206 g/mol. The first-order chi connectivity index (χ1) is 7.65. The van der Waals surface area contributed by atoms with Crippen LogP contribution in [-0.4, -0.2) is 24.4 Å². The van der Waals surface area contributed by atoms with Crippen molar-refractivity contribution in [3.05, 3.63) is 29.8 Å². The van der Waals surface area contributed by atoms with Gasteiger partial charge in [-0.3, -0.25) is 9.59 Å². The van der Waals surface area contributed by atoms with Crippen molar-refractivity contribution >= 4 is 17.5 Å². The van der Waals surface area contributed by atoms with Gasteiger partial charge in [0, 0.05) is 24.2 Å². The summed E-state index contributed by atoms with van der Waals surface area (Å²) in [5, 5.41) is 5.44. The molecular formula is C11H13N3O2. The van der Waals surface area contributed by atoms with Crippen molar-refractivity contribution in [2.75, 3.05) is 12.3 Å². The van der Waals surface area contributed by atoms with Crippen molar-refractivity contribution in [3.63, 3.8) is 0 Å². The number of rotatable bonds is 2. The second-order valence-electron chi connectivity index (χ2n) is 3.80. The number of nitrogen functional groups attached to an aromatic ring is 1. The fraction of sp³-hybridized carbons (Fsp3) is 0.273. The largest absolute Gasteiger partial charge is 0.399 e. The summed E-state index contributed by atoms with van der Waals surface area (Å²) in [6.45, 7) is 0.500. The number of benzene rings is 1. The van der Waals surface area contributed by atoms with Gasteiger partial charge in [-0.05, 0) is 24.3 Å². The highest BCUT2D eigenvalue weighted by Crippen LogP contribution is 2.07. The van der Waals surface area contributed by atoms with Gasteiger partial charge in [0.15, 0.2) is 0 Å². The quantitative estimate of drug-likeness (QED) is 0.607. The Morgan fingerprint density at radius 2 is 2.06 bits per heavy atom. The van der Waals surface area contributed by atoms with Crippen molar-refractivity contribution in [3.8, 4) is 0 Å². The zero-order chi connectivity index (χ0) is 11.5. The van der Waals surface area contributed by atoms with Gasteiger partial charge in [-0.15, -0.1) is 0 Å². The number of nitrogens with one attached hydrogen (secondary N) is 2. The molecule has 4 N–H and O–H groups in total. The Hall–Kier alpha value is -2.04. The summed E-state index contributed by atoms with van der Waals surface area (Å²) in [7, 11) is 0. The standard InChI is InChI=1S/C11H13N3O2/c12-8-3-1-7(2-4-8)11(16)14-9-5-10(15)13-6-9/h1-4,9H,5-6,12H2,(H,13,15)(H,14,16). The number of amides is 2. The minimum absolute atomic E-state index is 0.0254.